The Kier molecular flexibility index (Phi) is 3.30. The molecule has 0 saturated heterocycles. The van der Waals surface area contributed by atoms with Crippen LogP contribution in [0.1, 0.15) is 38.0 Å². The van der Waals surface area contributed by atoms with E-state index in [1.807, 2.05) is 0 Å². The van der Waals surface area contributed by atoms with Gasteiger partial charge in [0, 0.05) is 5.39 Å². The van der Waals surface area contributed by atoms with Crippen LogP contribution in [0.3, 0.4) is 0 Å². The molecular weight excluding hydrogens is 198 g/mol. The van der Waals surface area contributed by atoms with E-state index >= 15 is 0 Å². The maximum atomic E-state index is 5.74. The standard InChI is InChI=1S/C14H19NO/c1-4-15-9-13-8-12-7-11(10(2)3)5-6-14(12)16-13/h5-8,10,15H,4,9H2,1-3H3. The van der Waals surface area contributed by atoms with Gasteiger partial charge in [-0.25, -0.2) is 0 Å². The molecule has 2 heteroatoms. The highest BCUT2D eigenvalue weighted by molar-refractivity contribution is 5.78. The van der Waals surface area contributed by atoms with E-state index in [0.29, 0.717) is 5.92 Å². The number of benzene rings is 1. The molecular formula is C14H19NO. The van der Waals surface area contributed by atoms with Gasteiger partial charge in [-0.15, -0.1) is 0 Å². The van der Waals surface area contributed by atoms with E-state index in [0.717, 1.165) is 24.4 Å². The van der Waals surface area contributed by atoms with Crippen LogP contribution >= 0.6 is 0 Å². The van der Waals surface area contributed by atoms with E-state index in [4.69, 9.17) is 4.42 Å². The summed E-state index contributed by atoms with van der Waals surface area (Å²) in [5.74, 6) is 1.58. The lowest BCUT2D eigenvalue weighted by molar-refractivity contribution is 0.520. The molecule has 0 spiro atoms. The molecule has 0 saturated carbocycles. The summed E-state index contributed by atoms with van der Waals surface area (Å²) in [5.41, 5.74) is 2.35. The smallest absolute Gasteiger partial charge is 0.134 e. The molecule has 1 heterocycles. The third-order valence-corrected chi connectivity index (χ3v) is 2.81. The number of hydrogen-bond acceptors (Lipinski definition) is 2. The summed E-state index contributed by atoms with van der Waals surface area (Å²) >= 11 is 0. The first-order chi connectivity index (χ1) is 7.70. The predicted octanol–water partition coefficient (Wildman–Crippen LogP) is 3.67. The van der Waals surface area contributed by atoms with Crippen LogP contribution < -0.4 is 5.32 Å². The zero-order chi connectivity index (χ0) is 11.5. The van der Waals surface area contributed by atoms with Crippen molar-refractivity contribution in [3.05, 3.63) is 35.6 Å². The largest absolute Gasteiger partial charge is 0.460 e. The molecule has 0 fully saturated rings. The Hall–Kier alpha value is -1.28. The summed E-state index contributed by atoms with van der Waals surface area (Å²) < 4.78 is 5.74. The van der Waals surface area contributed by atoms with Gasteiger partial charge in [0.25, 0.3) is 0 Å². The van der Waals surface area contributed by atoms with E-state index in [9.17, 15) is 0 Å². The lowest BCUT2D eigenvalue weighted by Crippen LogP contribution is -2.10. The van der Waals surface area contributed by atoms with E-state index in [-0.39, 0.29) is 0 Å². The summed E-state index contributed by atoms with van der Waals surface area (Å²) in [5, 5.41) is 4.48. The van der Waals surface area contributed by atoms with E-state index in [2.05, 4.69) is 50.4 Å². The third-order valence-electron chi connectivity index (χ3n) is 2.81. The average molecular weight is 217 g/mol. The molecule has 0 aliphatic rings. The molecule has 2 rings (SSSR count). The number of furan rings is 1. The molecule has 1 aromatic carbocycles. The summed E-state index contributed by atoms with van der Waals surface area (Å²) in [6.07, 6.45) is 0. The topological polar surface area (TPSA) is 25.2 Å². The number of nitrogens with one attached hydrogen (secondary N) is 1. The maximum Gasteiger partial charge on any atom is 0.134 e. The monoisotopic (exact) mass is 217 g/mol. The Labute approximate surface area is 96.6 Å². The van der Waals surface area contributed by atoms with Crippen LogP contribution in [-0.2, 0) is 6.54 Å². The second kappa shape index (κ2) is 4.71. The first-order valence-corrected chi connectivity index (χ1v) is 5.93. The van der Waals surface area contributed by atoms with Gasteiger partial charge in [-0.2, -0.15) is 0 Å². The molecule has 16 heavy (non-hydrogen) atoms. The van der Waals surface area contributed by atoms with Gasteiger partial charge in [0.05, 0.1) is 6.54 Å². The Balaban J connectivity index is 2.30. The minimum Gasteiger partial charge on any atom is -0.460 e. The zero-order valence-corrected chi connectivity index (χ0v) is 10.2. The van der Waals surface area contributed by atoms with Crippen molar-refractivity contribution in [2.24, 2.45) is 0 Å². The Bertz CT molecular complexity index is 471. The van der Waals surface area contributed by atoms with Crippen LogP contribution in [0, 0.1) is 0 Å². The van der Waals surface area contributed by atoms with Crippen LogP contribution in [0.5, 0.6) is 0 Å². The van der Waals surface area contributed by atoms with Gasteiger partial charge in [-0.05, 0) is 36.2 Å². The van der Waals surface area contributed by atoms with Crippen molar-refractivity contribution >= 4 is 11.0 Å². The minimum atomic E-state index is 0.566. The van der Waals surface area contributed by atoms with Crippen LogP contribution in [0.25, 0.3) is 11.0 Å². The molecule has 0 aliphatic heterocycles. The minimum absolute atomic E-state index is 0.566. The fourth-order valence-electron chi connectivity index (χ4n) is 1.81. The van der Waals surface area contributed by atoms with Gasteiger partial charge in [0.15, 0.2) is 0 Å². The van der Waals surface area contributed by atoms with Crippen molar-refractivity contribution in [3.63, 3.8) is 0 Å². The molecule has 2 nitrogen and oxygen atoms in total. The van der Waals surface area contributed by atoms with E-state index < -0.39 is 0 Å². The second-order valence-electron chi connectivity index (χ2n) is 4.45. The normalized spacial score (nSPS) is 11.5. The summed E-state index contributed by atoms with van der Waals surface area (Å²) in [6.45, 7) is 8.29. The fourth-order valence-corrected chi connectivity index (χ4v) is 1.81. The molecule has 2 aromatic rings. The molecule has 0 radical (unpaired) electrons. The summed E-state index contributed by atoms with van der Waals surface area (Å²) in [4.78, 5) is 0. The van der Waals surface area contributed by atoms with Crippen molar-refractivity contribution < 1.29 is 4.42 Å². The lowest BCUT2D eigenvalue weighted by atomic mass is 10.0. The highest BCUT2D eigenvalue weighted by Gasteiger charge is 2.05. The van der Waals surface area contributed by atoms with Gasteiger partial charge < -0.3 is 9.73 Å². The van der Waals surface area contributed by atoms with Gasteiger partial charge in [-0.3, -0.25) is 0 Å². The second-order valence-corrected chi connectivity index (χ2v) is 4.45. The van der Waals surface area contributed by atoms with Crippen LogP contribution in [0.2, 0.25) is 0 Å². The quantitative estimate of drug-likeness (QED) is 0.845. The Morgan fingerprint density at radius 1 is 1.25 bits per heavy atom. The highest BCUT2D eigenvalue weighted by Crippen LogP contribution is 2.24. The molecule has 86 valence electrons. The fraction of sp³-hybridized carbons (Fsp3) is 0.429. The van der Waals surface area contributed by atoms with Gasteiger partial charge >= 0.3 is 0 Å². The molecule has 0 atom stereocenters. The Morgan fingerprint density at radius 3 is 2.75 bits per heavy atom. The van der Waals surface area contributed by atoms with Crippen molar-refractivity contribution in [3.8, 4) is 0 Å². The average Bonchev–Trinajstić information content (AvgIpc) is 2.67. The van der Waals surface area contributed by atoms with Gasteiger partial charge in [0.1, 0.15) is 11.3 Å². The summed E-state index contributed by atoms with van der Waals surface area (Å²) in [6, 6.07) is 8.57. The van der Waals surface area contributed by atoms with Crippen molar-refractivity contribution in [2.75, 3.05) is 6.54 Å². The molecule has 0 bridgehead atoms. The first kappa shape index (κ1) is 11.2. The molecule has 0 unspecified atom stereocenters. The van der Waals surface area contributed by atoms with Gasteiger partial charge in [-0.1, -0.05) is 26.8 Å². The van der Waals surface area contributed by atoms with Crippen LogP contribution in [0.4, 0.5) is 0 Å². The first-order valence-electron chi connectivity index (χ1n) is 5.93. The molecule has 1 aromatic heterocycles. The maximum absolute atomic E-state index is 5.74. The Morgan fingerprint density at radius 2 is 2.06 bits per heavy atom. The van der Waals surface area contributed by atoms with Gasteiger partial charge in [0.2, 0.25) is 0 Å². The number of rotatable bonds is 4. The lowest BCUT2D eigenvalue weighted by Gasteiger charge is -2.03. The molecule has 1 N–H and O–H groups in total. The molecule has 0 aliphatic carbocycles. The SMILES string of the molecule is CCNCc1cc2cc(C(C)C)ccc2o1. The van der Waals surface area contributed by atoms with Crippen molar-refractivity contribution in [2.45, 2.75) is 33.2 Å². The van der Waals surface area contributed by atoms with Crippen LogP contribution in [0.15, 0.2) is 28.7 Å². The van der Waals surface area contributed by atoms with Crippen LogP contribution in [-0.4, -0.2) is 6.54 Å². The predicted molar refractivity (Wildman–Crippen MR) is 67.7 cm³/mol. The van der Waals surface area contributed by atoms with E-state index in [1.165, 1.54) is 10.9 Å². The highest BCUT2D eigenvalue weighted by atomic mass is 16.3. The van der Waals surface area contributed by atoms with Crippen molar-refractivity contribution in [1.82, 2.24) is 5.32 Å². The van der Waals surface area contributed by atoms with E-state index in [1.54, 1.807) is 0 Å². The summed E-state index contributed by atoms with van der Waals surface area (Å²) in [7, 11) is 0. The van der Waals surface area contributed by atoms with Crippen molar-refractivity contribution in [1.29, 1.82) is 0 Å². The molecule has 0 amide bonds. The zero-order valence-electron chi connectivity index (χ0n) is 10.2. The number of fused-ring (bicyclic) bond motifs is 1. The third kappa shape index (κ3) is 2.27. The number of hydrogen-bond donors (Lipinski definition) is 1.